The van der Waals surface area contributed by atoms with Crippen LogP contribution >= 0.6 is 0 Å². The van der Waals surface area contributed by atoms with Gasteiger partial charge in [-0.05, 0) is 140 Å². The van der Waals surface area contributed by atoms with E-state index in [1.165, 1.54) is 65.0 Å². The molecule has 0 amide bonds. The zero-order valence-corrected chi connectivity index (χ0v) is 29.6. The van der Waals surface area contributed by atoms with Gasteiger partial charge in [-0.15, -0.1) is 0 Å². The number of hydrogen-bond acceptors (Lipinski definition) is 2. The first-order valence-electron chi connectivity index (χ1n) is 17.9. The van der Waals surface area contributed by atoms with Crippen molar-refractivity contribution >= 4 is 34.1 Å². The van der Waals surface area contributed by atoms with E-state index in [0.29, 0.717) is 0 Å². The molecular formula is C45H54N2. The van der Waals surface area contributed by atoms with Crippen LogP contribution in [0, 0.1) is 6.92 Å². The molecule has 0 spiro atoms. The summed E-state index contributed by atoms with van der Waals surface area (Å²) in [7, 11) is 0. The molecule has 0 bridgehead atoms. The summed E-state index contributed by atoms with van der Waals surface area (Å²) in [6, 6.07) is 45.5. The van der Waals surface area contributed by atoms with Crippen LogP contribution < -0.4 is 9.80 Å². The van der Waals surface area contributed by atoms with E-state index in [1.54, 1.807) is 0 Å². The maximum Gasteiger partial charge on any atom is 0.0463 e. The van der Waals surface area contributed by atoms with Gasteiger partial charge in [0.15, 0.2) is 0 Å². The second-order valence-corrected chi connectivity index (χ2v) is 13.4. The molecule has 244 valence electrons. The molecule has 5 rings (SSSR count). The molecule has 0 aliphatic carbocycles. The lowest BCUT2D eigenvalue weighted by Gasteiger charge is -2.30. The first kappa shape index (κ1) is 34.0. The van der Waals surface area contributed by atoms with Crippen molar-refractivity contribution < 1.29 is 0 Å². The molecule has 0 radical (unpaired) electrons. The maximum atomic E-state index is 2.39. The Bertz CT molecular complexity index is 1640. The summed E-state index contributed by atoms with van der Waals surface area (Å²) < 4.78 is 0. The third kappa shape index (κ3) is 8.17. The minimum Gasteiger partial charge on any atom is -0.311 e. The monoisotopic (exact) mass is 622 g/mol. The molecule has 0 atom stereocenters. The van der Waals surface area contributed by atoms with Gasteiger partial charge in [-0.1, -0.05) is 102 Å². The minimum absolute atomic E-state index is 0.194. The van der Waals surface area contributed by atoms with E-state index in [-0.39, 0.29) is 5.41 Å². The van der Waals surface area contributed by atoms with Crippen LogP contribution in [-0.2, 0) is 18.3 Å². The highest BCUT2D eigenvalue weighted by atomic mass is 15.2. The number of aryl methyl sites for hydroxylation is 3. The Labute approximate surface area is 285 Å². The SMILES string of the molecule is CCCCc1ccc(N(c2ccc(C)cc2)c2ccc(N(c3ccc(CCCC)cc3)c3ccc(C(C)(CC)CC)cc3)cc2)cc1. The fourth-order valence-corrected chi connectivity index (χ4v) is 6.40. The Morgan fingerprint density at radius 3 is 1.04 bits per heavy atom. The largest absolute Gasteiger partial charge is 0.311 e. The standard InChI is InChI=1S/C45H54N2/c1-7-11-13-36-17-25-40(26-18-36)46(39-23-15-35(5)16-24-39)43-31-33-44(34-32-43)47(41-27-19-37(20-28-41)14-12-8-2)42-29-21-38(22-30-42)45(6,9-3)10-4/h15-34H,7-14H2,1-6H3. The van der Waals surface area contributed by atoms with Crippen LogP contribution in [-0.4, -0.2) is 0 Å². The van der Waals surface area contributed by atoms with Crippen molar-refractivity contribution in [1.82, 2.24) is 0 Å². The van der Waals surface area contributed by atoms with E-state index in [0.717, 1.165) is 42.7 Å². The zero-order valence-electron chi connectivity index (χ0n) is 29.6. The van der Waals surface area contributed by atoms with Crippen LogP contribution in [0.15, 0.2) is 121 Å². The van der Waals surface area contributed by atoms with Crippen LogP contribution in [0.5, 0.6) is 0 Å². The predicted octanol–water partition coefficient (Wildman–Crippen LogP) is 13.7. The van der Waals surface area contributed by atoms with Crippen LogP contribution in [0.25, 0.3) is 0 Å². The van der Waals surface area contributed by atoms with Gasteiger partial charge in [-0.2, -0.15) is 0 Å². The van der Waals surface area contributed by atoms with Crippen molar-refractivity contribution in [3.63, 3.8) is 0 Å². The molecule has 0 aliphatic rings. The van der Waals surface area contributed by atoms with Gasteiger partial charge >= 0.3 is 0 Å². The number of rotatable bonds is 15. The minimum atomic E-state index is 0.194. The van der Waals surface area contributed by atoms with Crippen molar-refractivity contribution in [2.45, 2.75) is 98.3 Å². The Balaban J connectivity index is 1.53. The Morgan fingerprint density at radius 2 is 0.723 bits per heavy atom. The Kier molecular flexibility index (Phi) is 11.6. The number of benzene rings is 5. The number of anilines is 6. The number of nitrogens with zero attached hydrogens (tertiary/aromatic N) is 2. The average molecular weight is 623 g/mol. The topological polar surface area (TPSA) is 6.48 Å². The molecule has 0 fully saturated rings. The normalized spacial score (nSPS) is 11.4. The smallest absolute Gasteiger partial charge is 0.0463 e. The summed E-state index contributed by atoms with van der Waals surface area (Å²) >= 11 is 0. The van der Waals surface area contributed by atoms with Crippen LogP contribution in [0.2, 0.25) is 0 Å². The van der Waals surface area contributed by atoms with E-state index in [4.69, 9.17) is 0 Å². The lowest BCUT2D eigenvalue weighted by Crippen LogP contribution is -2.19. The van der Waals surface area contributed by atoms with Gasteiger partial charge in [0, 0.05) is 34.1 Å². The van der Waals surface area contributed by atoms with Gasteiger partial charge in [0.2, 0.25) is 0 Å². The molecule has 47 heavy (non-hydrogen) atoms. The highest BCUT2D eigenvalue weighted by molar-refractivity contribution is 5.81. The average Bonchev–Trinajstić information content (AvgIpc) is 3.12. The summed E-state index contributed by atoms with van der Waals surface area (Å²) in [5, 5.41) is 0. The summed E-state index contributed by atoms with van der Waals surface area (Å²) in [6.07, 6.45) is 9.38. The molecule has 0 N–H and O–H groups in total. The Morgan fingerprint density at radius 1 is 0.426 bits per heavy atom. The second-order valence-electron chi connectivity index (χ2n) is 13.4. The molecule has 2 nitrogen and oxygen atoms in total. The van der Waals surface area contributed by atoms with Gasteiger partial charge in [-0.25, -0.2) is 0 Å². The van der Waals surface area contributed by atoms with Crippen LogP contribution in [0.4, 0.5) is 34.1 Å². The lowest BCUT2D eigenvalue weighted by molar-refractivity contribution is 0.439. The molecule has 0 aliphatic heterocycles. The molecule has 0 heterocycles. The van der Waals surface area contributed by atoms with Crippen molar-refractivity contribution in [2.24, 2.45) is 0 Å². The quantitative estimate of drug-likeness (QED) is 0.115. The van der Waals surface area contributed by atoms with Gasteiger partial charge in [0.1, 0.15) is 0 Å². The fourth-order valence-electron chi connectivity index (χ4n) is 6.40. The molecule has 0 unspecified atom stereocenters. The summed E-state index contributed by atoms with van der Waals surface area (Å²) in [4.78, 5) is 4.76. The first-order valence-corrected chi connectivity index (χ1v) is 17.9. The fraction of sp³-hybridized carbons (Fsp3) is 0.333. The van der Waals surface area contributed by atoms with Crippen LogP contribution in [0.3, 0.4) is 0 Å². The summed E-state index contributed by atoms with van der Waals surface area (Å²) in [5.74, 6) is 0. The third-order valence-corrected chi connectivity index (χ3v) is 10.1. The number of unbranched alkanes of at least 4 members (excludes halogenated alkanes) is 2. The Hall–Kier alpha value is -4.30. The van der Waals surface area contributed by atoms with Crippen molar-refractivity contribution in [3.05, 3.63) is 144 Å². The summed E-state index contributed by atoms with van der Waals surface area (Å²) in [5.41, 5.74) is 12.6. The van der Waals surface area contributed by atoms with Crippen LogP contribution in [0.1, 0.15) is 95.4 Å². The molecule has 0 aromatic heterocycles. The first-order chi connectivity index (χ1) is 22.9. The zero-order chi connectivity index (χ0) is 33.2. The van der Waals surface area contributed by atoms with Crippen molar-refractivity contribution in [1.29, 1.82) is 0 Å². The summed E-state index contributed by atoms with van der Waals surface area (Å²) in [6.45, 7) is 13.6. The van der Waals surface area contributed by atoms with Gasteiger partial charge < -0.3 is 9.80 Å². The molecule has 2 heteroatoms. The predicted molar refractivity (Wildman–Crippen MR) is 206 cm³/mol. The lowest BCUT2D eigenvalue weighted by atomic mass is 9.78. The van der Waals surface area contributed by atoms with Gasteiger partial charge in [0.05, 0.1) is 0 Å². The van der Waals surface area contributed by atoms with E-state index >= 15 is 0 Å². The molecular weight excluding hydrogens is 569 g/mol. The highest BCUT2D eigenvalue weighted by Gasteiger charge is 2.23. The van der Waals surface area contributed by atoms with E-state index in [2.05, 4.69) is 173 Å². The number of hydrogen-bond donors (Lipinski definition) is 0. The second kappa shape index (κ2) is 16.0. The van der Waals surface area contributed by atoms with E-state index < -0.39 is 0 Å². The highest BCUT2D eigenvalue weighted by Crippen LogP contribution is 2.40. The van der Waals surface area contributed by atoms with Gasteiger partial charge in [-0.3, -0.25) is 0 Å². The van der Waals surface area contributed by atoms with E-state index in [9.17, 15) is 0 Å². The van der Waals surface area contributed by atoms with Crippen molar-refractivity contribution in [3.8, 4) is 0 Å². The molecule has 0 saturated heterocycles. The third-order valence-electron chi connectivity index (χ3n) is 10.1. The van der Waals surface area contributed by atoms with Crippen molar-refractivity contribution in [2.75, 3.05) is 9.80 Å². The molecule has 5 aromatic carbocycles. The van der Waals surface area contributed by atoms with Gasteiger partial charge in [0.25, 0.3) is 0 Å². The maximum absolute atomic E-state index is 2.39. The molecule has 5 aromatic rings. The molecule has 0 saturated carbocycles. The van der Waals surface area contributed by atoms with E-state index in [1.807, 2.05) is 0 Å².